The summed E-state index contributed by atoms with van der Waals surface area (Å²) in [6.07, 6.45) is 0. The fraction of sp³-hybridized carbons (Fsp3) is 0.125. The van der Waals surface area contributed by atoms with Crippen LogP contribution in [0.5, 0.6) is 0 Å². The second-order valence-electron chi connectivity index (χ2n) is 7.00. The molecule has 4 rings (SSSR count). The average molecular weight is 420 g/mol. The molecule has 30 heavy (non-hydrogen) atoms. The van der Waals surface area contributed by atoms with E-state index in [1.54, 1.807) is 48.5 Å². The number of aliphatic hydroxyl groups is 1. The number of sulfone groups is 1. The minimum atomic E-state index is -3.86. The lowest BCUT2D eigenvalue weighted by atomic mass is 10.1. The molecule has 0 aliphatic heterocycles. The van der Waals surface area contributed by atoms with Crippen LogP contribution in [0.1, 0.15) is 27.8 Å². The molecule has 4 aromatic rings. The van der Waals surface area contributed by atoms with Gasteiger partial charge in [0.2, 0.25) is 5.89 Å². The summed E-state index contributed by atoms with van der Waals surface area (Å²) in [5, 5.41) is 8.81. The Labute approximate surface area is 175 Å². The zero-order valence-electron chi connectivity index (χ0n) is 16.4. The number of rotatable bonds is 6. The van der Waals surface area contributed by atoms with Crippen LogP contribution < -0.4 is 0 Å². The maximum absolute atomic E-state index is 13.7. The van der Waals surface area contributed by atoms with Gasteiger partial charge in [0.25, 0.3) is 0 Å². The van der Waals surface area contributed by atoms with Gasteiger partial charge in [-0.3, -0.25) is 0 Å². The third-order valence-electron chi connectivity index (χ3n) is 4.90. The van der Waals surface area contributed by atoms with Crippen LogP contribution in [0.2, 0.25) is 0 Å². The van der Waals surface area contributed by atoms with Crippen LogP contribution in [0.15, 0.2) is 94.2 Å². The monoisotopic (exact) mass is 419 g/mol. The molecule has 0 aliphatic carbocycles. The molecular formula is C24H21NO4S. The van der Waals surface area contributed by atoms with E-state index < -0.39 is 21.7 Å². The second-order valence-corrected chi connectivity index (χ2v) is 9.03. The van der Waals surface area contributed by atoms with Gasteiger partial charge in [0.05, 0.1) is 4.90 Å². The molecule has 0 aliphatic rings. The summed E-state index contributed by atoms with van der Waals surface area (Å²) in [6.45, 7) is 1.45. The summed E-state index contributed by atoms with van der Waals surface area (Å²) in [5.41, 5.74) is 2.43. The van der Waals surface area contributed by atoms with E-state index in [0.29, 0.717) is 11.1 Å². The van der Waals surface area contributed by atoms with Gasteiger partial charge in [-0.1, -0.05) is 66.2 Å². The summed E-state index contributed by atoms with van der Waals surface area (Å²) >= 11 is 0. The Balaban J connectivity index is 1.92. The van der Waals surface area contributed by atoms with E-state index in [-0.39, 0.29) is 22.2 Å². The first-order chi connectivity index (χ1) is 14.5. The van der Waals surface area contributed by atoms with Gasteiger partial charge in [-0.05, 0) is 36.8 Å². The molecule has 1 heterocycles. The molecule has 152 valence electrons. The number of aliphatic hydroxyl groups excluding tert-OH is 1. The highest BCUT2D eigenvalue weighted by molar-refractivity contribution is 7.91. The Morgan fingerprint density at radius 3 is 2.10 bits per heavy atom. The van der Waals surface area contributed by atoms with Crippen molar-refractivity contribution in [2.45, 2.75) is 23.7 Å². The van der Waals surface area contributed by atoms with E-state index in [0.717, 1.165) is 5.56 Å². The van der Waals surface area contributed by atoms with Crippen molar-refractivity contribution < 1.29 is 17.9 Å². The van der Waals surface area contributed by atoms with Gasteiger partial charge in [-0.25, -0.2) is 13.4 Å². The Hall–Kier alpha value is -3.22. The molecule has 0 radical (unpaired) electrons. The first-order valence-electron chi connectivity index (χ1n) is 9.52. The highest BCUT2D eigenvalue weighted by atomic mass is 32.2. The normalized spacial score (nSPS) is 12.6. The predicted octanol–water partition coefficient (Wildman–Crippen LogP) is 4.71. The number of hydrogen-bond acceptors (Lipinski definition) is 5. The van der Waals surface area contributed by atoms with Gasteiger partial charge in [0.1, 0.15) is 17.6 Å². The third kappa shape index (κ3) is 3.79. The van der Waals surface area contributed by atoms with Crippen LogP contribution >= 0.6 is 0 Å². The molecule has 6 heteroatoms. The first-order valence-corrected chi connectivity index (χ1v) is 11.1. The Kier molecular flexibility index (Phi) is 5.53. The van der Waals surface area contributed by atoms with Crippen LogP contribution in [0, 0.1) is 6.92 Å². The number of oxazole rings is 1. The van der Waals surface area contributed by atoms with Crippen LogP contribution in [0.4, 0.5) is 0 Å². The molecule has 0 bridgehead atoms. The van der Waals surface area contributed by atoms with Crippen molar-refractivity contribution in [3.05, 3.63) is 108 Å². The SMILES string of the molecule is Cc1ccc(S(=O)(=O)C(c2ccccc2)c2nc(-c3ccccc3)oc2CO)cc1. The zero-order chi connectivity index (χ0) is 21.1. The molecule has 1 aromatic heterocycles. The molecule has 1 unspecified atom stereocenters. The van der Waals surface area contributed by atoms with Gasteiger partial charge in [0, 0.05) is 5.56 Å². The molecule has 1 atom stereocenters. The van der Waals surface area contributed by atoms with E-state index in [1.807, 2.05) is 43.3 Å². The molecular weight excluding hydrogens is 398 g/mol. The number of benzene rings is 3. The second kappa shape index (κ2) is 8.26. The van der Waals surface area contributed by atoms with Gasteiger partial charge in [0.15, 0.2) is 15.6 Å². The maximum atomic E-state index is 13.7. The first kappa shape index (κ1) is 20.1. The van der Waals surface area contributed by atoms with Crippen LogP contribution in [0.3, 0.4) is 0 Å². The van der Waals surface area contributed by atoms with E-state index >= 15 is 0 Å². The summed E-state index contributed by atoms with van der Waals surface area (Å²) in [4.78, 5) is 4.72. The number of hydrogen-bond donors (Lipinski definition) is 1. The molecule has 3 aromatic carbocycles. The quantitative estimate of drug-likeness (QED) is 0.490. The van der Waals surface area contributed by atoms with Crippen molar-refractivity contribution in [2.75, 3.05) is 0 Å². The van der Waals surface area contributed by atoms with E-state index in [1.165, 1.54) is 0 Å². The lowest BCUT2D eigenvalue weighted by molar-refractivity contribution is 0.247. The average Bonchev–Trinajstić information content (AvgIpc) is 3.19. The summed E-state index contributed by atoms with van der Waals surface area (Å²) in [5.74, 6) is 0.410. The van der Waals surface area contributed by atoms with Crippen molar-refractivity contribution in [1.29, 1.82) is 0 Å². The molecule has 5 nitrogen and oxygen atoms in total. The van der Waals surface area contributed by atoms with E-state index in [2.05, 4.69) is 4.98 Å². The van der Waals surface area contributed by atoms with Crippen LogP contribution in [-0.2, 0) is 16.4 Å². The molecule has 0 saturated heterocycles. The Morgan fingerprint density at radius 1 is 0.900 bits per heavy atom. The molecule has 0 spiro atoms. The van der Waals surface area contributed by atoms with Crippen molar-refractivity contribution in [1.82, 2.24) is 4.98 Å². The van der Waals surface area contributed by atoms with Crippen LogP contribution in [-0.4, -0.2) is 18.5 Å². The lowest BCUT2D eigenvalue weighted by Gasteiger charge is -2.17. The number of aromatic nitrogens is 1. The number of nitrogens with zero attached hydrogens (tertiary/aromatic N) is 1. The molecule has 0 fully saturated rings. The van der Waals surface area contributed by atoms with Crippen LogP contribution in [0.25, 0.3) is 11.5 Å². The summed E-state index contributed by atoms with van der Waals surface area (Å²) in [7, 11) is -3.86. The number of aryl methyl sites for hydroxylation is 1. The summed E-state index contributed by atoms with van der Waals surface area (Å²) < 4.78 is 33.2. The topological polar surface area (TPSA) is 80.4 Å². The van der Waals surface area contributed by atoms with E-state index in [9.17, 15) is 13.5 Å². The van der Waals surface area contributed by atoms with Crippen molar-refractivity contribution in [3.8, 4) is 11.5 Å². The van der Waals surface area contributed by atoms with E-state index in [4.69, 9.17) is 4.42 Å². The Morgan fingerprint density at radius 2 is 1.50 bits per heavy atom. The van der Waals surface area contributed by atoms with Crippen molar-refractivity contribution in [3.63, 3.8) is 0 Å². The van der Waals surface area contributed by atoms with Crippen molar-refractivity contribution >= 4 is 9.84 Å². The molecule has 0 amide bonds. The smallest absolute Gasteiger partial charge is 0.226 e. The fourth-order valence-electron chi connectivity index (χ4n) is 3.36. The minimum absolute atomic E-state index is 0.137. The fourth-order valence-corrected chi connectivity index (χ4v) is 5.14. The molecule has 1 N–H and O–H groups in total. The van der Waals surface area contributed by atoms with Gasteiger partial charge in [-0.15, -0.1) is 0 Å². The standard InChI is InChI=1S/C24H21NO4S/c1-17-12-14-20(15-13-17)30(27,28)23(18-8-4-2-5-9-18)22-21(16-26)29-24(25-22)19-10-6-3-7-11-19/h2-15,23,26H,16H2,1H3. The third-order valence-corrected chi connectivity index (χ3v) is 6.95. The predicted molar refractivity (Wildman–Crippen MR) is 115 cm³/mol. The highest BCUT2D eigenvalue weighted by Gasteiger charge is 2.36. The van der Waals surface area contributed by atoms with Crippen molar-refractivity contribution in [2.24, 2.45) is 0 Å². The maximum Gasteiger partial charge on any atom is 0.226 e. The van der Waals surface area contributed by atoms with Gasteiger partial charge in [-0.2, -0.15) is 0 Å². The minimum Gasteiger partial charge on any atom is -0.438 e. The van der Waals surface area contributed by atoms with Gasteiger partial charge >= 0.3 is 0 Å². The van der Waals surface area contributed by atoms with Gasteiger partial charge < -0.3 is 9.52 Å². The summed E-state index contributed by atoms with van der Waals surface area (Å²) in [6, 6.07) is 24.8. The lowest BCUT2D eigenvalue weighted by Crippen LogP contribution is -2.17. The largest absolute Gasteiger partial charge is 0.438 e. The zero-order valence-corrected chi connectivity index (χ0v) is 17.2. The Bertz CT molecular complexity index is 1230. The molecule has 0 saturated carbocycles. The highest BCUT2D eigenvalue weighted by Crippen LogP contribution is 2.38.